The van der Waals surface area contributed by atoms with Crippen LogP contribution in [0.1, 0.15) is 11.1 Å². The topological polar surface area (TPSA) is 33.2 Å². The number of nitrogens with zero attached hydrogens (tertiary/aromatic N) is 2. The van der Waals surface area contributed by atoms with Crippen LogP contribution in [0.5, 0.6) is 0 Å². The van der Waals surface area contributed by atoms with Gasteiger partial charge in [0.1, 0.15) is 5.82 Å². The Morgan fingerprint density at radius 2 is 1.83 bits per heavy atom. The summed E-state index contributed by atoms with van der Waals surface area (Å²) in [6, 6.07) is 10.2. The molecule has 0 atom stereocenters. The molecule has 3 rings (SSSR count). The minimum Gasteiger partial charge on any atom is -0.298 e. The molecule has 0 radical (unpaired) electrons. The van der Waals surface area contributed by atoms with Crippen molar-refractivity contribution in [2.75, 3.05) is 20.1 Å². The standard InChI is InChI=1S/C19H17FN2O/c1-22-12-16(9-14-5-4-8-21-11-14)19(23)17(13-22)10-15-6-2-3-7-18(15)20/h2-11H,12-13H2,1H3/b16-9+,17-10+. The zero-order valence-electron chi connectivity index (χ0n) is 12.9. The van der Waals surface area contributed by atoms with Crippen molar-refractivity contribution in [3.63, 3.8) is 0 Å². The predicted molar refractivity (Wildman–Crippen MR) is 89.1 cm³/mol. The lowest BCUT2D eigenvalue weighted by Crippen LogP contribution is -2.34. The number of likely N-dealkylation sites (N-methyl/N-ethyl adjacent to an activating group) is 1. The van der Waals surface area contributed by atoms with E-state index in [0.29, 0.717) is 29.8 Å². The van der Waals surface area contributed by atoms with Gasteiger partial charge in [0.25, 0.3) is 0 Å². The molecule has 1 aliphatic rings. The van der Waals surface area contributed by atoms with E-state index in [1.54, 1.807) is 36.7 Å². The lowest BCUT2D eigenvalue weighted by Gasteiger charge is -2.26. The molecule has 1 saturated heterocycles. The number of likely N-dealkylation sites (tertiary alicyclic amines) is 1. The summed E-state index contributed by atoms with van der Waals surface area (Å²) in [7, 11) is 1.94. The first-order valence-corrected chi connectivity index (χ1v) is 7.42. The highest BCUT2D eigenvalue weighted by atomic mass is 19.1. The van der Waals surface area contributed by atoms with Crippen molar-refractivity contribution in [2.24, 2.45) is 0 Å². The van der Waals surface area contributed by atoms with E-state index in [2.05, 4.69) is 4.98 Å². The van der Waals surface area contributed by atoms with Gasteiger partial charge in [0.2, 0.25) is 0 Å². The lowest BCUT2D eigenvalue weighted by molar-refractivity contribution is -0.113. The van der Waals surface area contributed by atoms with E-state index >= 15 is 0 Å². The predicted octanol–water partition coefficient (Wildman–Crippen LogP) is 3.20. The minimum absolute atomic E-state index is 0.0322. The number of benzene rings is 1. The van der Waals surface area contributed by atoms with Crippen LogP contribution in [0.4, 0.5) is 4.39 Å². The average molecular weight is 308 g/mol. The second-order valence-electron chi connectivity index (χ2n) is 5.65. The number of pyridine rings is 1. The third-order valence-corrected chi connectivity index (χ3v) is 3.72. The van der Waals surface area contributed by atoms with Crippen LogP contribution in [-0.4, -0.2) is 35.8 Å². The monoisotopic (exact) mass is 308 g/mol. The van der Waals surface area contributed by atoms with Crippen LogP contribution in [-0.2, 0) is 4.79 Å². The summed E-state index contributed by atoms with van der Waals surface area (Å²) in [5, 5.41) is 0. The fourth-order valence-corrected chi connectivity index (χ4v) is 2.65. The minimum atomic E-state index is -0.321. The molecular weight excluding hydrogens is 291 g/mol. The third kappa shape index (κ3) is 3.60. The quantitative estimate of drug-likeness (QED) is 0.799. The van der Waals surface area contributed by atoms with Gasteiger partial charge in [0.15, 0.2) is 5.78 Å². The Labute approximate surface area is 134 Å². The van der Waals surface area contributed by atoms with Crippen LogP contribution in [0.25, 0.3) is 12.2 Å². The Morgan fingerprint density at radius 1 is 1.09 bits per heavy atom. The van der Waals surface area contributed by atoms with E-state index in [1.807, 2.05) is 30.2 Å². The Bertz CT molecular complexity index is 781. The van der Waals surface area contributed by atoms with E-state index in [1.165, 1.54) is 6.07 Å². The molecule has 0 N–H and O–H groups in total. The van der Waals surface area contributed by atoms with Gasteiger partial charge in [-0.1, -0.05) is 24.3 Å². The molecule has 1 aromatic heterocycles. The summed E-state index contributed by atoms with van der Waals surface area (Å²) >= 11 is 0. The summed E-state index contributed by atoms with van der Waals surface area (Å²) < 4.78 is 13.8. The fraction of sp³-hybridized carbons (Fsp3) is 0.158. The van der Waals surface area contributed by atoms with Crippen molar-refractivity contribution >= 4 is 17.9 Å². The Morgan fingerprint density at radius 3 is 2.52 bits per heavy atom. The molecule has 2 aromatic rings. The maximum absolute atomic E-state index is 13.8. The molecule has 0 unspecified atom stereocenters. The van der Waals surface area contributed by atoms with Gasteiger partial charge in [-0.2, -0.15) is 0 Å². The van der Waals surface area contributed by atoms with Crippen molar-refractivity contribution in [3.05, 3.63) is 76.9 Å². The van der Waals surface area contributed by atoms with Gasteiger partial charge in [0.05, 0.1) is 0 Å². The Kier molecular flexibility index (Phi) is 4.44. The average Bonchev–Trinajstić information content (AvgIpc) is 2.55. The summed E-state index contributed by atoms with van der Waals surface area (Å²) in [4.78, 5) is 18.8. The number of piperidine rings is 1. The molecule has 116 valence electrons. The first-order valence-electron chi connectivity index (χ1n) is 7.42. The number of aromatic nitrogens is 1. The fourth-order valence-electron chi connectivity index (χ4n) is 2.65. The maximum Gasteiger partial charge on any atom is 0.187 e. The normalized spacial score (nSPS) is 19.5. The highest BCUT2D eigenvalue weighted by Gasteiger charge is 2.24. The van der Waals surface area contributed by atoms with Gasteiger partial charge < -0.3 is 0 Å². The van der Waals surface area contributed by atoms with Crippen LogP contribution in [0.15, 0.2) is 59.9 Å². The smallest absolute Gasteiger partial charge is 0.187 e. The SMILES string of the molecule is CN1C/C(=C\c2cccnc2)C(=O)/C(=C/c2ccccc2F)C1. The molecule has 4 heteroatoms. The molecule has 0 aliphatic carbocycles. The second kappa shape index (κ2) is 6.67. The highest BCUT2D eigenvalue weighted by molar-refractivity contribution is 6.14. The number of hydrogen-bond acceptors (Lipinski definition) is 3. The summed E-state index contributed by atoms with van der Waals surface area (Å²) in [5.74, 6) is -0.353. The van der Waals surface area contributed by atoms with E-state index in [4.69, 9.17) is 0 Å². The number of hydrogen-bond donors (Lipinski definition) is 0. The van der Waals surface area contributed by atoms with E-state index in [0.717, 1.165) is 5.56 Å². The molecule has 0 spiro atoms. The van der Waals surface area contributed by atoms with Crippen LogP contribution >= 0.6 is 0 Å². The first-order chi connectivity index (χ1) is 11.1. The Balaban J connectivity index is 1.95. The zero-order valence-corrected chi connectivity index (χ0v) is 12.9. The molecular formula is C19H17FN2O. The lowest BCUT2D eigenvalue weighted by atomic mass is 9.95. The van der Waals surface area contributed by atoms with Crippen molar-refractivity contribution in [3.8, 4) is 0 Å². The molecule has 0 amide bonds. The van der Waals surface area contributed by atoms with Crippen LogP contribution in [0, 0.1) is 5.82 Å². The molecule has 3 nitrogen and oxygen atoms in total. The van der Waals surface area contributed by atoms with Crippen LogP contribution in [0.2, 0.25) is 0 Å². The van der Waals surface area contributed by atoms with E-state index < -0.39 is 0 Å². The number of halogens is 1. The van der Waals surface area contributed by atoms with Gasteiger partial charge in [-0.05, 0) is 36.9 Å². The molecule has 0 bridgehead atoms. The molecule has 0 saturated carbocycles. The van der Waals surface area contributed by atoms with E-state index in [9.17, 15) is 9.18 Å². The van der Waals surface area contributed by atoms with Gasteiger partial charge in [-0.3, -0.25) is 14.7 Å². The zero-order chi connectivity index (χ0) is 16.2. The van der Waals surface area contributed by atoms with Gasteiger partial charge in [0, 0.05) is 42.2 Å². The van der Waals surface area contributed by atoms with Gasteiger partial charge in [-0.25, -0.2) is 4.39 Å². The molecule has 1 aliphatic heterocycles. The summed E-state index contributed by atoms with van der Waals surface area (Å²) in [6.07, 6.45) is 6.90. The molecule has 1 aromatic carbocycles. The van der Waals surface area contributed by atoms with Crippen LogP contribution in [0.3, 0.4) is 0 Å². The second-order valence-corrected chi connectivity index (χ2v) is 5.65. The Hall–Kier alpha value is -2.59. The largest absolute Gasteiger partial charge is 0.298 e. The van der Waals surface area contributed by atoms with Crippen molar-refractivity contribution in [1.82, 2.24) is 9.88 Å². The number of rotatable bonds is 2. The third-order valence-electron chi connectivity index (χ3n) is 3.72. The number of carbonyl (C=O) groups excluding carboxylic acids is 1. The number of ketones is 1. The summed E-state index contributed by atoms with van der Waals surface area (Å²) in [6.45, 7) is 1.08. The van der Waals surface area contributed by atoms with Crippen molar-refractivity contribution in [2.45, 2.75) is 0 Å². The molecule has 1 fully saturated rings. The van der Waals surface area contributed by atoms with Crippen LogP contribution < -0.4 is 0 Å². The van der Waals surface area contributed by atoms with Gasteiger partial charge >= 0.3 is 0 Å². The van der Waals surface area contributed by atoms with E-state index in [-0.39, 0.29) is 11.6 Å². The first kappa shape index (κ1) is 15.3. The molecule has 23 heavy (non-hydrogen) atoms. The number of Topliss-reactive ketones (excluding diaryl/α,β-unsaturated/α-hetero) is 1. The van der Waals surface area contributed by atoms with Crippen molar-refractivity contribution < 1.29 is 9.18 Å². The maximum atomic E-state index is 13.8. The highest BCUT2D eigenvalue weighted by Crippen LogP contribution is 2.21. The molecule has 2 heterocycles. The number of carbonyl (C=O) groups is 1. The van der Waals surface area contributed by atoms with Crippen molar-refractivity contribution in [1.29, 1.82) is 0 Å². The van der Waals surface area contributed by atoms with Gasteiger partial charge in [-0.15, -0.1) is 0 Å². The summed E-state index contributed by atoms with van der Waals surface area (Å²) in [5.41, 5.74) is 2.61.